The molecule has 0 aliphatic carbocycles. The van der Waals surface area contributed by atoms with Crippen molar-refractivity contribution in [1.29, 1.82) is 0 Å². The van der Waals surface area contributed by atoms with E-state index in [4.69, 9.17) is 5.73 Å². The van der Waals surface area contributed by atoms with Crippen molar-refractivity contribution < 1.29 is 0 Å². The van der Waals surface area contributed by atoms with Crippen LogP contribution >= 0.6 is 0 Å². The van der Waals surface area contributed by atoms with Crippen LogP contribution < -0.4 is 5.73 Å². The van der Waals surface area contributed by atoms with E-state index in [1.807, 2.05) is 49.4 Å². The Bertz CT molecular complexity index is 226. The summed E-state index contributed by atoms with van der Waals surface area (Å²) in [6, 6.07) is 10.1. The normalized spacial score (nSPS) is 13.6. The third-order valence-electron chi connectivity index (χ3n) is 1.58. The zero-order valence-electron chi connectivity index (χ0n) is 6.70. The lowest BCUT2D eigenvalue weighted by Gasteiger charge is -2.04. The van der Waals surface area contributed by atoms with Crippen LogP contribution in [0.1, 0.15) is 18.5 Å². The fourth-order valence-corrected chi connectivity index (χ4v) is 0.994. The average Bonchev–Trinajstić information content (AvgIpc) is 2.07. The molecule has 0 saturated carbocycles. The number of nitrogens with two attached hydrogens (primary N) is 1. The van der Waals surface area contributed by atoms with Gasteiger partial charge in [-0.1, -0.05) is 42.5 Å². The van der Waals surface area contributed by atoms with Crippen molar-refractivity contribution in [1.82, 2.24) is 0 Å². The van der Waals surface area contributed by atoms with Crippen molar-refractivity contribution in [2.75, 3.05) is 0 Å². The second-order valence-electron chi connectivity index (χ2n) is 2.46. The first-order valence-electron chi connectivity index (χ1n) is 3.78. The molecule has 2 N–H and O–H groups in total. The Kier molecular flexibility index (Phi) is 2.87. The van der Waals surface area contributed by atoms with Gasteiger partial charge >= 0.3 is 0 Å². The molecule has 1 unspecified atom stereocenters. The maximum atomic E-state index is 5.82. The van der Waals surface area contributed by atoms with E-state index in [9.17, 15) is 0 Å². The van der Waals surface area contributed by atoms with E-state index in [0.29, 0.717) is 0 Å². The average molecular weight is 147 g/mol. The van der Waals surface area contributed by atoms with Gasteiger partial charge in [0.2, 0.25) is 0 Å². The summed E-state index contributed by atoms with van der Waals surface area (Å²) in [6.07, 6.45) is 3.95. The maximum absolute atomic E-state index is 5.82. The third kappa shape index (κ3) is 2.20. The van der Waals surface area contributed by atoms with Gasteiger partial charge in [-0.25, -0.2) is 0 Å². The molecule has 1 heteroatoms. The Hall–Kier alpha value is -1.08. The van der Waals surface area contributed by atoms with E-state index < -0.39 is 0 Å². The number of allylic oxidation sites excluding steroid dienone is 1. The molecule has 1 atom stereocenters. The van der Waals surface area contributed by atoms with Crippen molar-refractivity contribution in [3.63, 3.8) is 0 Å². The molecule has 0 amide bonds. The third-order valence-corrected chi connectivity index (χ3v) is 1.58. The lowest BCUT2D eigenvalue weighted by atomic mass is 10.1. The van der Waals surface area contributed by atoms with Gasteiger partial charge in [0.15, 0.2) is 0 Å². The molecule has 0 aromatic heterocycles. The highest BCUT2D eigenvalue weighted by Crippen LogP contribution is 2.09. The first-order chi connectivity index (χ1) is 5.34. The molecule has 0 spiro atoms. The highest BCUT2D eigenvalue weighted by atomic mass is 14.6. The zero-order valence-corrected chi connectivity index (χ0v) is 6.70. The van der Waals surface area contributed by atoms with Gasteiger partial charge in [-0.2, -0.15) is 0 Å². The SMILES string of the molecule is C/C=C\C(N)c1ccccc1. The molecular weight excluding hydrogens is 134 g/mol. The van der Waals surface area contributed by atoms with E-state index in [1.54, 1.807) is 0 Å². The van der Waals surface area contributed by atoms with Gasteiger partial charge in [-0.15, -0.1) is 0 Å². The second-order valence-corrected chi connectivity index (χ2v) is 2.46. The molecule has 0 bridgehead atoms. The molecule has 1 aromatic rings. The minimum absolute atomic E-state index is 0.0428. The number of benzene rings is 1. The van der Waals surface area contributed by atoms with Gasteiger partial charge in [0.05, 0.1) is 0 Å². The van der Waals surface area contributed by atoms with Crippen LogP contribution in [-0.2, 0) is 0 Å². The van der Waals surface area contributed by atoms with E-state index in [-0.39, 0.29) is 6.04 Å². The Morgan fingerprint density at radius 2 is 1.91 bits per heavy atom. The van der Waals surface area contributed by atoms with Gasteiger partial charge in [-0.05, 0) is 12.5 Å². The Balaban J connectivity index is 2.76. The van der Waals surface area contributed by atoms with Crippen molar-refractivity contribution in [2.45, 2.75) is 13.0 Å². The summed E-state index contributed by atoms with van der Waals surface area (Å²) in [4.78, 5) is 0. The van der Waals surface area contributed by atoms with Crippen LogP contribution in [0.4, 0.5) is 0 Å². The number of hydrogen-bond donors (Lipinski definition) is 1. The predicted molar refractivity (Wildman–Crippen MR) is 48.2 cm³/mol. The van der Waals surface area contributed by atoms with Crippen molar-refractivity contribution in [3.8, 4) is 0 Å². The number of rotatable bonds is 2. The summed E-state index contributed by atoms with van der Waals surface area (Å²) in [5, 5.41) is 0. The minimum Gasteiger partial charge on any atom is -0.321 e. The summed E-state index contributed by atoms with van der Waals surface area (Å²) < 4.78 is 0. The maximum Gasteiger partial charge on any atom is 0.0481 e. The van der Waals surface area contributed by atoms with Crippen LogP contribution in [0.2, 0.25) is 0 Å². The quantitative estimate of drug-likeness (QED) is 0.638. The van der Waals surface area contributed by atoms with Gasteiger partial charge in [0.1, 0.15) is 0 Å². The molecule has 11 heavy (non-hydrogen) atoms. The van der Waals surface area contributed by atoms with Crippen LogP contribution in [0.5, 0.6) is 0 Å². The fourth-order valence-electron chi connectivity index (χ4n) is 0.994. The van der Waals surface area contributed by atoms with Crippen LogP contribution in [0, 0.1) is 0 Å². The predicted octanol–water partition coefficient (Wildman–Crippen LogP) is 2.26. The molecular formula is C10H13N. The Morgan fingerprint density at radius 1 is 1.27 bits per heavy atom. The summed E-state index contributed by atoms with van der Waals surface area (Å²) in [7, 11) is 0. The van der Waals surface area contributed by atoms with Gasteiger partial charge in [0, 0.05) is 6.04 Å². The summed E-state index contributed by atoms with van der Waals surface area (Å²) in [6.45, 7) is 1.98. The van der Waals surface area contributed by atoms with E-state index >= 15 is 0 Å². The van der Waals surface area contributed by atoms with Crippen LogP contribution in [-0.4, -0.2) is 0 Å². The summed E-state index contributed by atoms with van der Waals surface area (Å²) >= 11 is 0. The molecule has 0 saturated heterocycles. The molecule has 1 rings (SSSR count). The monoisotopic (exact) mass is 147 g/mol. The van der Waals surface area contributed by atoms with Crippen LogP contribution in [0.15, 0.2) is 42.5 Å². The fraction of sp³-hybridized carbons (Fsp3) is 0.200. The summed E-state index contributed by atoms with van der Waals surface area (Å²) in [5.74, 6) is 0. The molecule has 0 fully saturated rings. The van der Waals surface area contributed by atoms with Gasteiger partial charge in [-0.3, -0.25) is 0 Å². The first-order valence-corrected chi connectivity index (χ1v) is 3.78. The molecule has 0 aliphatic rings. The first kappa shape index (κ1) is 8.02. The lowest BCUT2D eigenvalue weighted by Crippen LogP contribution is -2.05. The highest BCUT2D eigenvalue weighted by Gasteiger charge is 1.97. The van der Waals surface area contributed by atoms with Gasteiger partial charge in [0.25, 0.3) is 0 Å². The molecule has 0 aliphatic heterocycles. The topological polar surface area (TPSA) is 26.0 Å². The Morgan fingerprint density at radius 3 is 2.45 bits per heavy atom. The number of hydrogen-bond acceptors (Lipinski definition) is 1. The van der Waals surface area contributed by atoms with Crippen molar-refractivity contribution in [2.24, 2.45) is 5.73 Å². The Labute approximate surface area is 67.5 Å². The van der Waals surface area contributed by atoms with Crippen molar-refractivity contribution in [3.05, 3.63) is 48.0 Å². The van der Waals surface area contributed by atoms with E-state index in [0.717, 1.165) is 5.56 Å². The van der Waals surface area contributed by atoms with Crippen LogP contribution in [0.3, 0.4) is 0 Å². The standard InChI is InChI=1S/C10H13N/c1-2-6-10(11)9-7-4-3-5-8-9/h2-8,10H,11H2,1H3/b6-2-. The largest absolute Gasteiger partial charge is 0.321 e. The second kappa shape index (κ2) is 3.94. The van der Waals surface area contributed by atoms with Crippen LogP contribution in [0.25, 0.3) is 0 Å². The molecule has 0 radical (unpaired) electrons. The molecule has 58 valence electrons. The smallest absolute Gasteiger partial charge is 0.0481 e. The zero-order chi connectivity index (χ0) is 8.10. The van der Waals surface area contributed by atoms with Crippen molar-refractivity contribution >= 4 is 0 Å². The van der Waals surface area contributed by atoms with Gasteiger partial charge < -0.3 is 5.73 Å². The minimum atomic E-state index is 0.0428. The molecule has 0 heterocycles. The highest BCUT2D eigenvalue weighted by molar-refractivity contribution is 5.21. The summed E-state index contributed by atoms with van der Waals surface area (Å²) in [5.41, 5.74) is 6.98. The molecule has 1 aromatic carbocycles. The van der Waals surface area contributed by atoms with E-state index in [2.05, 4.69) is 0 Å². The molecule has 1 nitrogen and oxygen atoms in total. The van der Waals surface area contributed by atoms with E-state index in [1.165, 1.54) is 0 Å². The lowest BCUT2D eigenvalue weighted by molar-refractivity contribution is 0.909.